The van der Waals surface area contributed by atoms with Crippen LogP contribution in [0.3, 0.4) is 0 Å². The zero-order chi connectivity index (χ0) is 13.7. The molecule has 0 aromatic carbocycles. The average Bonchev–Trinajstić information content (AvgIpc) is 2.47. The molecule has 2 unspecified atom stereocenters. The summed E-state index contributed by atoms with van der Waals surface area (Å²) in [5, 5.41) is 3.80. The lowest BCUT2D eigenvalue weighted by atomic mass is 9.81. The van der Waals surface area contributed by atoms with E-state index in [1.165, 1.54) is 32.1 Å². The van der Waals surface area contributed by atoms with E-state index in [2.05, 4.69) is 24.1 Å². The van der Waals surface area contributed by atoms with Crippen molar-refractivity contribution < 1.29 is 4.39 Å². The highest BCUT2D eigenvalue weighted by Gasteiger charge is 2.38. The Morgan fingerprint density at radius 3 is 2.63 bits per heavy atom. The number of halogens is 1. The minimum atomic E-state index is -0.183. The van der Waals surface area contributed by atoms with Gasteiger partial charge >= 0.3 is 0 Å². The largest absolute Gasteiger partial charge is 0.311 e. The van der Waals surface area contributed by atoms with Crippen molar-refractivity contribution in [3.05, 3.63) is 0 Å². The first-order chi connectivity index (χ1) is 9.19. The van der Waals surface area contributed by atoms with Crippen molar-refractivity contribution in [1.82, 2.24) is 10.2 Å². The molecule has 2 rings (SSSR count). The quantitative estimate of drug-likeness (QED) is 0.824. The van der Waals surface area contributed by atoms with Gasteiger partial charge in [-0.2, -0.15) is 0 Å². The summed E-state index contributed by atoms with van der Waals surface area (Å²) < 4.78 is 12.5. The van der Waals surface area contributed by atoms with Gasteiger partial charge in [-0.05, 0) is 38.5 Å². The Morgan fingerprint density at radius 2 is 2.00 bits per heavy atom. The summed E-state index contributed by atoms with van der Waals surface area (Å²) in [5.41, 5.74) is 0.223. The molecule has 1 aliphatic carbocycles. The lowest BCUT2D eigenvalue weighted by Crippen LogP contribution is -2.64. The molecule has 2 atom stereocenters. The van der Waals surface area contributed by atoms with Gasteiger partial charge in [0.1, 0.15) is 0 Å². The molecule has 1 heterocycles. The number of hydrogen-bond donors (Lipinski definition) is 1. The van der Waals surface area contributed by atoms with Crippen LogP contribution in [0.4, 0.5) is 4.39 Å². The van der Waals surface area contributed by atoms with Crippen molar-refractivity contribution in [3.8, 4) is 0 Å². The second-order valence-electron chi connectivity index (χ2n) is 6.72. The fourth-order valence-corrected chi connectivity index (χ4v) is 3.80. The van der Waals surface area contributed by atoms with E-state index in [1.807, 2.05) is 0 Å². The molecular formula is C16H31FN2. The fraction of sp³-hybridized carbons (Fsp3) is 1.00. The van der Waals surface area contributed by atoms with Crippen LogP contribution < -0.4 is 5.32 Å². The van der Waals surface area contributed by atoms with E-state index in [9.17, 15) is 4.39 Å². The molecule has 1 saturated heterocycles. The molecule has 0 bridgehead atoms. The summed E-state index contributed by atoms with van der Waals surface area (Å²) in [6, 6.07) is 0.638. The Morgan fingerprint density at radius 1 is 1.26 bits per heavy atom. The smallest absolute Gasteiger partial charge is 0.0906 e. The zero-order valence-electron chi connectivity index (χ0n) is 12.8. The monoisotopic (exact) mass is 270 g/mol. The SMILES string of the molecule is CCC1(C)CNC(C2CCCCC2)CN1CCCF. The first-order valence-electron chi connectivity index (χ1n) is 8.24. The van der Waals surface area contributed by atoms with E-state index >= 15 is 0 Å². The highest BCUT2D eigenvalue weighted by molar-refractivity contribution is 4.97. The maximum Gasteiger partial charge on any atom is 0.0906 e. The van der Waals surface area contributed by atoms with Crippen LogP contribution in [0.15, 0.2) is 0 Å². The van der Waals surface area contributed by atoms with Crippen molar-refractivity contribution in [2.75, 3.05) is 26.3 Å². The summed E-state index contributed by atoms with van der Waals surface area (Å²) in [4.78, 5) is 2.56. The predicted molar refractivity (Wildman–Crippen MR) is 79.2 cm³/mol. The number of hydrogen-bond acceptors (Lipinski definition) is 2. The highest BCUT2D eigenvalue weighted by Crippen LogP contribution is 2.31. The van der Waals surface area contributed by atoms with E-state index in [0.717, 1.165) is 32.0 Å². The molecule has 3 heteroatoms. The number of nitrogens with zero attached hydrogens (tertiary/aromatic N) is 1. The molecule has 0 amide bonds. The van der Waals surface area contributed by atoms with Gasteiger partial charge in [0, 0.05) is 31.2 Å². The average molecular weight is 270 g/mol. The lowest BCUT2D eigenvalue weighted by Gasteiger charge is -2.50. The summed E-state index contributed by atoms with van der Waals surface area (Å²) in [7, 11) is 0. The summed E-state index contributed by atoms with van der Waals surface area (Å²) in [6.45, 7) is 7.51. The molecule has 1 N–H and O–H groups in total. The van der Waals surface area contributed by atoms with Gasteiger partial charge < -0.3 is 5.32 Å². The molecule has 0 radical (unpaired) electrons. The van der Waals surface area contributed by atoms with Crippen LogP contribution in [0.25, 0.3) is 0 Å². The summed E-state index contributed by atoms with van der Waals surface area (Å²) in [5.74, 6) is 0.850. The van der Waals surface area contributed by atoms with E-state index < -0.39 is 0 Å². The molecule has 0 aromatic rings. The van der Waals surface area contributed by atoms with Crippen molar-refractivity contribution >= 4 is 0 Å². The molecular weight excluding hydrogens is 239 g/mol. The first kappa shape index (κ1) is 15.2. The second-order valence-corrected chi connectivity index (χ2v) is 6.72. The third kappa shape index (κ3) is 3.69. The Kier molecular flexibility index (Phi) is 5.64. The summed E-state index contributed by atoms with van der Waals surface area (Å²) in [6.07, 6.45) is 8.82. The van der Waals surface area contributed by atoms with E-state index in [0.29, 0.717) is 12.5 Å². The molecule has 1 saturated carbocycles. The number of alkyl halides is 1. The Hall–Kier alpha value is -0.150. The van der Waals surface area contributed by atoms with Crippen LogP contribution in [-0.2, 0) is 0 Å². The minimum absolute atomic E-state index is 0.183. The van der Waals surface area contributed by atoms with Gasteiger partial charge in [0.15, 0.2) is 0 Å². The van der Waals surface area contributed by atoms with E-state index in [4.69, 9.17) is 0 Å². The zero-order valence-corrected chi connectivity index (χ0v) is 12.8. The number of rotatable bonds is 5. The number of piperazine rings is 1. The van der Waals surface area contributed by atoms with Crippen LogP contribution in [0, 0.1) is 5.92 Å². The molecule has 0 spiro atoms. The molecule has 2 nitrogen and oxygen atoms in total. The summed E-state index contributed by atoms with van der Waals surface area (Å²) >= 11 is 0. The molecule has 2 fully saturated rings. The maximum absolute atomic E-state index is 12.5. The van der Waals surface area contributed by atoms with Crippen molar-refractivity contribution in [2.24, 2.45) is 5.92 Å². The van der Waals surface area contributed by atoms with Gasteiger partial charge in [0.25, 0.3) is 0 Å². The molecule has 0 aromatic heterocycles. The van der Waals surface area contributed by atoms with Gasteiger partial charge in [0.2, 0.25) is 0 Å². The highest BCUT2D eigenvalue weighted by atomic mass is 19.1. The van der Waals surface area contributed by atoms with E-state index in [1.54, 1.807) is 0 Å². The van der Waals surface area contributed by atoms with Crippen LogP contribution in [0.1, 0.15) is 58.8 Å². The van der Waals surface area contributed by atoms with Gasteiger partial charge in [-0.1, -0.05) is 26.2 Å². The molecule has 19 heavy (non-hydrogen) atoms. The fourth-order valence-electron chi connectivity index (χ4n) is 3.80. The molecule has 112 valence electrons. The maximum atomic E-state index is 12.5. The van der Waals surface area contributed by atoms with Crippen LogP contribution in [-0.4, -0.2) is 42.8 Å². The van der Waals surface area contributed by atoms with Gasteiger partial charge in [-0.15, -0.1) is 0 Å². The van der Waals surface area contributed by atoms with Crippen molar-refractivity contribution in [2.45, 2.75) is 70.4 Å². The third-order valence-corrected chi connectivity index (χ3v) is 5.47. The Balaban J connectivity index is 1.95. The van der Waals surface area contributed by atoms with E-state index in [-0.39, 0.29) is 12.2 Å². The second kappa shape index (κ2) is 7.03. The molecule has 2 aliphatic rings. The Labute approximate surface area is 118 Å². The molecule has 1 aliphatic heterocycles. The first-order valence-corrected chi connectivity index (χ1v) is 8.24. The van der Waals surface area contributed by atoms with Gasteiger partial charge in [0.05, 0.1) is 6.67 Å². The van der Waals surface area contributed by atoms with Crippen molar-refractivity contribution in [3.63, 3.8) is 0 Å². The van der Waals surface area contributed by atoms with Gasteiger partial charge in [-0.25, -0.2) is 0 Å². The van der Waals surface area contributed by atoms with Crippen LogP contribution in [0.2, 0.25) is 0 Å². The predicted octanol–water partition coefficient (Wildman–Crippen LogP) is 3.37. The topological polar surface area (TPSA) is 15.3 Å². The van der Waals surface area contributed by atoms with Crippen LogP contribution >= 0.6 is 0 Å². The number of nitrogens with one attached hydrogen (secondary N) is 1. The lowest BCUT2D eigenvalue weighted by molar-refractivity contribution is 0.0275. The Bertz CT molecular complexity index is 265. The van der Waals surface area contributed by atoms with Gasteiger partial charge in [-0.3, -0.25) is 9.29 Å². The minimum Gasteiger partial charge on any atom is -0.311 e. The normalized spacial score (nSPS) is 34.6. The standard InChI is InChI=1S/C16H31FN2/c1-3-16(2)13-18-15(12-19(16)11-7-10-17)14-8-5-4-6-9-14/h14-15,18H,3-13H2,1-2H3. The van der Waals surface area contributed by atoms with Crippen LogP contribution in [0.5, 0.6) is 0 Å². The van der Waals surface area contributed by atoms with Crippen molar-refractivity contribution in [1.29, 1.82) is 0 Å². The third-order valence-electron chi connectivity index (χ3n) is 5.47.